The normalized spacial score (nSPS) is 12.0. The summed E-state index contributed by atoms with van der Waals surface area (Å²) in [7, 11) is 0. The molecule has 0 amide bonds. The van der Waals surface area contributed by atoms with E-state index in [2.05, 4.69) is 124 Å². The summed E-state index contributed by atoms with van der Waals surface area (Å²) in [5.41, 5.74) is 9.88. The second kappa shape index (κ2) is 15.9. The molecule has 0 bridgehead atoms. The van der Waals surface area contributed by atoms with E-state index in [0.29, 0.717) is 23.7 Å². The molecule has 3 heteroatoms. The molecule has 0 spiro atoms. The molecular weight excluding hydrogens is 519 g/mol. The molecule has 0 unspecified atom stereocenters. The van der Waals surface area contributed by atoms with Crippen LogP contribution in [0.5, 0.6) is 0 Å². The van der Waals surface area contributed by atoms with E-state index in [-0.39, 0.29) is 20.4 Å². The van der Waals surface area contributed by atoms with Gasteiger partial charge < -0.3 is 5.32 Å². The maximum atomic E-state index is 5.10. The molecule has 2 aromatic rings. The van der Waals surface area contributed by atoms with Crippen LogP contribution < -0.4 is 5.32 Å². The van der Waals surface area contributed by atoms with E-state index in [0.717, 1.165) is 17.1 Å². The second-order valence-electron chi connectivity index (χ2n) is 10.3. The van der Waals surface area contributed by atoms with Crippen LogP contribution in [0.15, 0.2) is 65.8 Å². The number of allylic oxidation sites excluding steroid dienone is 3. The number of hydrogen-bond donors (Lipinski definition) is 1. The summed E-state index contributed by atoms with van der Waals surface area (Å²) in [6.07, 6.45) is 3.92. The molecule has 2 aromatic carbocycles. The van der Waals surface area contributed by atoms with E-state index >= 15 is 0 Å². The van der Waals surface area contributed by atoms with Gasteiger partial charge in [0.25, 0.3) is 0 Å². The molecule has 0 radical (unpaired) electrons. The van der Waals surface area contributed by atoms with Crippen LogP contribution in [0.25, 0.3) is 0 Å². The zero-order chi connectivity index (χ0) is 26.0. The molecule has 0 aliphatic rings. The van der Waals surface area contributed by atoms with Crippen LogP contribution >= 0.6 is 0 Å². The van der Waals surface area contributed by atoms with Gasteiger partial charge in [-0.15, -0.1) is 6.58 Å². The number of anilines is 1. The molecule has 2 rings (SSSR count). The first-order valence-corrected chi connectivity index (χ1v) is 12.8. The van der Waals surface area contributed by atoms with Crippen molar-refractivity contribution in [3.05, 3.63) is 83.1 Å². The van der Waals surface area contributed by atoms with E-state index in [4.69, 9.17) is 4.99 Å². The predicted molar refractivity (Wildman–Crippen MR) is 155 cm³/mol. The van der Waals surface area contributed by atoms with Crippen molar-refractivity contribution < 1.29 is 20.4 Å². The molecular formula is C32H48N2Pd+2. The Hall–Kier alpha value is -1.95. The van der Waals surface area contributed by atoms with Crippen molar-refractivity contribution in [1.29, 1.82) is 0 Å². The Morgan fingerprint density at radius 3 is 1.43 bits per heavy atom. The van der Waals surface area contributed by atoms with Crippen LogP contribution in [0.2, 0.25) is 0 Å². The fourth-order valence-corrected chi connectivity index (χ4v) is 4.09. The van der Waals surface area contributed by atoms with E-state index in [9.17, 15) is 0 Å². The molecule has 35 heavy (non-hydrogen) atoms. The monoisotopic (exact) mass is 566 g/mol. The maximum absolute atomic E-state index is 5.10. The Labute approximate surface area is 230 Å². The van der Waals surface area contributed by atoms with Gasteiger partial charge >= 0.3 is 20.4 Å². The van der Waals surface area contributed by atoms with Crippen LogP contribution in [0, 0.1) is 0 Å². The van der Waals surface area contributed by atoms with Crippen molar-refractivity contribution in [3.63, 3.8) is 0 Å². The maximum Gasteiger partial charge on any atom is 2.00 e. The number of nitrogens with zero attached hydrogens (tertiary/aromatic N) is 1. The Balaban J connectivity index is 0.00000274. The van der Waals surface area contributed by atoms with Crippen molar-refractivity contribution in [2.75, 3.05) is 5.32 Å². The van der Waals surface area contributed by atoms with Crippen LogP contribution in [0.1, 0.15) is 122 Å². The third-order valence-electron chi connectivity index (χ3n) is 5.75. The first-order chi connectivity index (χ1) is 15.9. The van der Waals surface area contributed by atoms with E-state index in [1.54, 1.807) is 6.08 Å². The number of para-hydroxylation sites is 2. The number of nitrogens with one attached hydrogen (secondary N) is 1. The van der Waals surface area contributed by atoms with E-state index in [1.807, 2.05) is 6.92 Å². The van der Waals surface area contributed by atoms with Crippen molar-refractivity contribution >= 4 is 17.1 Å². The van der Waals surface area contributed by atoms with Gasteiger partial charge in [0.15, 0.2) is 0 Å². The summed E-state index contributed by atoms with van der Waals surface area (Å²) < 4.78 is 0. The van der Waals surface area contributed by atoms with Gasteiger partial charge in [0.2, 0.25) is 0 Å². The van der Waals surface area contributed by atoms with Gasteiger partial charge in [0.1, 0.15) is 0 Å². The fourth-order valence-electron chi connectivity index (χ4n) is 4.09. The topological polar surface area (TPSA) is 24.4 Å². The molecule has 0 saturated carbocycles. The van der Waals surface area contributed by atoms with Crippen LogP contribution in [0.3, 0.4) is 0 Å². The van der Waals surface area contributed by atoms with Gasteiger partial charge in [-0.2, -0.15) is 0 Å². The molecule has 194 valence electrons. The third-order valence-corrected chi connectivity index (χ3v) is 5.75. The van der Waals surface area contributed by atoms with Crippen LogP contribution in [0.4, 0.5) is 11.4 Å². The minimum atomic E-state index is 0. The number of benzene rings is 2. The van der Waals surface area contributed by atoms with Crippen molar-refractivity contribution in [2.45, 2.75) is 99.8 Å². The summed E-state index contributed by atoms with van der Waals surface area (Å²) in [4.78, 5) is 5.10. The fraction of sp³-hybridized carbons (Fsp3) is 0.469. The van der Waals surface area contributed by atoms with Gasteiger partial charge in [-0.05, 0) is 72.8 Å². The molecule has 1 N–H and O–H groups in total. The molecule has 0 aliphatic carbocycles. The largest absolute Gasteiger partial charge is 2.00 e. The Morgan fingerprint density at radius 1 is 0.743 bits per heavy atom. The van der Waals surface area contributed by atoms with Gasteiger partial charge in [-0.25, -0.2) is 0 Å². The Bertz CT molecular complexity index is 942. The summed E-state index contributed by atoms with van der Waals surface area (Å²) in [6.45, 7) is 27.5. The number of rotatable bonds is 8. The third kappa shape index (κ3) is 9.91. The molecule has 0 aliphatic heterocycles. The molecule has 0 aromatic heterocycles. The van der Waals surface area contributed by atoms with E-state index in [1.165, 1.54) is 27.9 Å². The number of hydrogen-bond acceptors (Lipinski definition) is 2. The first-order valence-electron chi connectivity index (χ1n) is 12.8. The SMILES string of the molecule is C=CC.CC(/C=C(/C)Nc1c(C(C)C)cccc1C(C)C)=Nc1c(C(C)C)cccc1C(C)C.[Pd+2]. The first kappa shape index (κ1) is 33.1. The standard InChI is InChI=1S/C29H42N2.C3H6.Pd/c1-18(2)24-13-11-14-25(19(3)4)28(24)30-22(9)17-23(10)31-29-26(20(5)6)15-12-16-27(29)21(7)8;1-3-2;/h11-21,30H,1-10H3;3H,1H2,2H3;/q;;+2/b22-17-,31-23?;;. The molecule has 0 heterocycles. The Kier molecular flexibility index (Phi) is 15.0. The summed E-state index contributed by atoms with van der Waals surface area (Å²) in [5, 5.41) is 3.71. The summed E-state index contributed by atoms with van der Waals surface area (Å²) in [5.74, 6) is 1.82. The van der Waals surface area contributed by atoms with Gasteiger partial charge in [-0.3, -0.25) is 4.99 Å². The average molecular weight is 567 g/mol. The van der Waals surface area contributed by atoms with Gasteiger partial charge in [0.05, 0.1) is 5.69 Å². The minimum absolute atomic E-state index is 0. The summed E-state index contributed by atoms with van der Waals surface area (Å²) in [6, 6.07) is 13.2. The van der Waals surface area contributed by atoms with Crippen molar-refractivity contribution in [1.82, 2.24) is 0 Å². The molecule has 2 nitrogen and oxygen atoms in total. The molecule has 0 saturated heterocycles. The van der Waals surface area contributed by atoms with Crippen molar-refractivity contribution in [2.24, 2.45) is 4.99 Å². The Morgan fingerprint density at radius 2 is 1.09 bits per heavy atom. The van der Waals surface area contributed by atoms with Gasteiger partial charge in [0, 0.05) is 17.1 Å². The van der Waals surface area contributed by atoms with Crippen LogP contribution in [-0.2, 0) is 20.4 Å². The summed E-state index contributed by atoms with van der Waals surface area (Å²) >= 11 is 0. The zero-order valence-corrected chi connectivity index (χ0v) is 25.5. The van der Waals surface area contributed by atoms with Crippen molar-refractivity contribution in [3.8, 4) is 0 Å². The van der Waals surface area contributed by atoms with E-state index < -0.39 is 0 Å². The van der Waals surface area contributed by atoms with Gasteiger partial charge in [-0.1, -0.05) is 97.9 Å². The average Bonchev–Trinajstić information content (AvgIpc) is 2.73. The van der Waals surface area contributed by atoms with Crippen LogP contribution in [-0.4, -0.2) is 5.71 Å². The zero-order valence-electron chi connectivity index (χ0n) is 23.9. The second-order valence-corrected chi connectivity index (χ2v) is 10.3. The minimum Gasteiger partial charge on any atom is -0.359 e. The quantitative estimate of drug-likeness (QED) is 0.192. The number of aliphatic imine (C=N–C) groups is 1. The predicted octanol–water partition coefficient (Wildman–Crippen LogP) is 10.5. The molecule has 0 atom stereocenters. The smallest absolute Gasteiger partial charge is 0.359 e. The molecule has 0 fully saturated rings.